The van der Waals surface area contributed by atoms with Crippen molar-refractivity contribution in [2.75, 3.05) is 13.2 Å². The Bertz CT molecular complexity index is 380. The average Bonchev–Trinajstić information content (AvgIpc) is 2.95. The van der Waals surface area contributed by atoms with Crippen molar-refractivity contribution in [2.24, 2.45) is 0 Å². The monoisotopic (exact) mass is 288 g/mol. The van der Waals surface area contributed by atoms with Crippen molar-refractivity contribution in [3.63, 3.8) is 0 Å². The molecule has 1 spiro atoms. The molecule has 3 saturated heterocycles. The average molecular weight is 288 g/mol. The van der Waals surface area contributed by atoms with Gasteiger partial charge in [-0.1, -0.05) is 13.8 Å². The summed E-state index contributed by atoms with van der Waals surface area (Å²) in [4.78, 5) is 0. The Morgan fingerprint density at radius 2 is 1.80 bits per heavy atom. The third kappa shape index (κ3) is 2.10. The standard InChI is InChI=1S/C14H24O6/c1-5-13(6-2)18-9-7-16-14(11(15)10(9)19-13)8-17-12(3,4)20-14/h9-11,15H,5-8H2,1-4H3. The second kappa shape index (κ2) is 4.63. The van der Waals surface area contributed by atoms with Gasteiger partial charge >= 0.3 is 0 Å². The van der Waals surface area contributed by atoms with Crippen LogP contribution in [0.25, 0.3) is 0 Å². The molecule has 0 saturated carbocycles. The fourth-order valence-electron chi connectivity index (χ4n) is 3.20. The van der Waals surface area contributed by atoms with Crippen molar-refractivity contribution < 1.29 is 28.8 Å². The van der Waals surface area contributed by atoms with E-state index < -0.39 is 29.6 Å². The molecule has 4 atom stereocenters. The number of hydrogen-bond acceptors (Lipinski definition) is 6. The second-order valence-electron chi connectivity index (χ2n) is 6.21. The van der Waals surface area contributed by atoms with Gasteiger partial charge in [-0.05, 0) is 26.7 Å². The molecule has 0 aromatic rings. The minimum Gasteiger partial charge on any atom is -0.385 e. The second-order valence-corrected chi connectivity index (χ2v) is 6.21. The first kappa shape index (κ1) is 14.7. The molecule has 3 fully saturated rings. The molecule has 6 nitrogen and oxygen atoms in total. The number of rotatable bonds is 2. The van der Waals surface area contributed by atoms with Crippen LogP contribution in [0.3, 0.4) is 0 Å². The Balaban J connectivity index is 1.80. The van der Waals surface area contributed by atoms with E-state index in [0.717, 1.165) is 12.8 Å². The molecule has 3 aliphatic heterocycles. The van der Waals surface area contributed by atoms with Crippen LogP contribution in [0.4, 0.5) is 0 Å². The van der Waals surface area contributed by atoms with Gasteiger partial charge in [-0.25, -0.2) is 0 Å². The van der Waals surface area contributed by atoms with Crippen LogP contribution in [0, 0.1) is 0 Å². The van der Waals surface area contributed by atoms with Crippen LogP contribution >= 0.6 is 0 Å². The molecule has 0 aliphatic carbocycles. The SMILES string of the molecule is CCC1(CC)OC2COC3(COC(C)(C)O3)C(O)C2O1. The smallest absolute Gasteiger partial charge is 0.224 e. The Labute approximate surface area is 119 Å². The number of hydrogen-bond donors (Lipinski definition) is 1. The van der Waals surface area contributed by atoms with Crippen LogP contribution in [0.15, 0.2) is 0 Å². The van der Waals surface area contributed by atoms with Gasteiger partial charge in [-0.2, -0.15) is 0 Å². The van der Waals surface area contributed by atoms with Crippen molar-refractivity contribution in [3.8, 4) is 0 Å². The fraction of sp³-hybridized carbons (Fsp3) is 1.00. The predicted octanol–water partition coefficient (Wildman–Crippen LogP) is 1.16. The quantitative estimate of drug-likeness (QED) is 0.822. The number of aliphatic hydroxyl groups is 1. The molecule has 3 rings (SSSR count). The largest absolute Gasteiger partial charge is 0.385 e. The summed E-state index contributed by atoms with van der Waals surface area (Å²) >= 11 is 0. The lowest BCUT2D eigenvalue weighted by Gasteiger charge is -2.41. The molecule has 20 heavy (non-hydrogen) atoms. The van der Waals surface area contributed by atoms with Crippen LogP contribution < -0.4 is 0 Å². The van der Waals surface area contributed by atoms with Crippen molar-refractivity contribution in [2.45, 2.75) is 76.2 Å². The summed E-state index contributed by atoms with van der Waals surface area (Å²) in [5.41, 5.74) is 0. The zero-order valence-corrected chi connectivity index (χ0v) is 12.5. The van der Waals surface area contributed by atoms with Crippen LogP contribution in [0.2, 0.25) is 0 Å². The van der Waals surface area contributed by atoms with Gasteiger partial charge in [0.1, 0.15) is 24.9 Å². The van der Waals surface area contributed by atoms with Gasteiger partial charge in [0.25, 0.3) is 0 Å². The number of aliphatic hydroxyl groups excluding tert-OH is 1. The third-order valence-corrected chi connectivity index (χ3v) is 4.45. The minimum atomic E-state index is -1.15. The minimum absolute atomic E-state index is 0.193. The van der Waals surface area contributed by atoms with Crippen molar-refractivity contribution in [1.29, 1.82) is 0 Å². The first-order valence-electron chi connectivity index (χ1n) is 7.37. The van der Waals surface area contributed by atoms with Gasteiger partial charge in [-0.3, -0.25) is 0 Å². The van der Waals surface area contributed by atoms with Gasteiger partial charge in [0.2, 0.25) is 5.79 Å². The lowest BCUT2D eigenvalue weighted by atomic mass is 9.97. The van der Waals surface area contributed by atoms with Crippen LogP contribution in [0.5, 0.6) is 0 Å². The molecule has 116 valence electrons. The topological polar surface area (TPSA) is 66.4 Å². The van der Waals surface area contributed by atoms with Crippen LogP contribution in [0.1, 0.15) is 40.5 Å². The zero-order valence-electron chi connectivity index (χ0n) is 12.5. The van der Waals surface area contributed by atoms with Gasteiger partial charge in [0.05, 0.1) is 6.61 Å². The fourth-order valence-corrected chi connectivity index (χ4v) is 3.20. The van der Waals surface area contributed by atoms with Gasteiger partial charge in [-0.15, -0.1) is 0 Å². The normalized spacial score (nSPS) is 45.8. The predicted molar refractivity (Wildman–Crippen MR) is 68.9 cm³/mol. The van der Waals surface area contributed by atoms with Crippen molar-refractivity contribution in [3.05, 3.63) is 0 Å². The molecular weight excluding hydrogens is 264 g/mol. The molecule has 4 unspecified atom stereocenters. The lowest BCUT2D eigenvalue weighted by Crippen LogP contribution is -2.61. The van der Waals surface area contributed by atoms with E-state index in [1.54, 1.807) is 13.8 Å². The van der Waals surface area contributed by atoms with Crippen molar-refractivity contribution in [1.82, 2.24) is 0 Å². The summed E-state index contributed by atoms with van der Waals surface area (Å²) in [7, 11) is 0. The van der Waals surface area contributed by atoms with Crippen LogP contribution in [-0.4, -0.2) is 54.0 Å². The van der Waals surface area contributed by atoms with Gasteiger partial charge < -0.3 is 28.8 Å². The maximum Gasteiger partial charge on any atom is 0.224 e. The Morgan fingerprint density at radius 1 is 1.10 bits per heavy atom. The molecule has 6 heteroatoms. The molecule has 1 N–H and O–H groups in total. The molecule has 0 amide bonds. The Hall–Kier alpha value is -0.240. The van der Waals surface area contributed by atoms with E-state index in [2.05, 4.69) is 0 Å². The molecule has 3 heterocycles. The summed E-state index contributed by atoms with van der Waals surface area (Å²) in [6, 6.07) is 0. The van der Waals surface area contributed by atoms with E-state index in [1.165, 1.54) is 0 Å². The van der Waals surface area contributed by atoms with Gasteiger partial charge in [0.15, 0.2) is 11.6 Å². The van der Waals surface area contributed by atoms with Gasteiger partial charge in [0, 0.05) is 0 Å². The van der Waals surface area contributed by atoms with E-state index >= 15 is 0 Å². The molecule has 0 aromatic heterocycles. The van der Waals surface area contributed by atoms with Crippen molar-refractivity contribution >= 4 is 0 Å². The highest BCUT2D eigenvalue weighted by atomic mass is 16.9. The summed E-state index contributed by atoms with van der Waals surface area (Å²) < 4.78 is 29.1. The summed E-state index contributed by atoms with van der Waals surface area (Å²) in [6.45, 7) is 8.17. The molecule has 0 aromatic carbocycles. The first-order valence-corrected chi connectivity index (χ1v) is 7.37. The molecule has 3 aliphatic rings. The lowest BCUT2D eigenvalue weighted by molar-refractivity contribution is -0.326. The van der Waals surface area contributed by atoms with E-state index in [4.69, 9.17) is 23.7 Å². The molecular formula is C14H24O6. The van der Waals surface area contributed by atoms with E-state index in [9.17, 15) is 5.11 Å². The molecule has 0 bridgehead atoms. The summed E-state index contributed by atoms with van der Waals surface area (Å²) in [5, 5.41) is 10.7. The highest BCUT2D eigenvalue weighted by Crippen LogP contribution is 2.45. The third-order valence-electron chi connectivity index (χ3n) is 4.45. The summed E-state index contributed by atoms with van der Waals surface area (Å²) in [6.07, 6.45) is -0.162. The van der Waals surface area contributed by atoms with E-state index in [0.29, 0.717) is 6.61 Å². The molecule has 0 radical (unpaired) electrons. The zero-order chi connectivity index (χ0) is 14.6. The number of ether oxygens (including phenoxy) is 5. The highest BCUT2D eigenvalue weighted by molar-refractivity contribution is 5.01. The van der Waals surface area contributed by atoms with E-state index in [1.807, 2.05) is 13.8 Å². The highest BCUT2D eigenvalue weighted by Gasteiger charge is 2.62. The van der Waals surface area contributed by atoms with Crippen LogP contribution in [-0.2, 0) is 23.7 Å². The first-order chi connectivity index (χ1) is 9.35. The number of fused-ring (bicyclic) bond motifs is 1. The maximum absolute atomic E-state index is 10.7. The Kier molecular flexibility index (Phi) is 3.40. The maximum atomic E-state index is 10.7. The summed E-state index contributed by atoms with van der Waals surface area (Å²) in [5.74, 6) is -2.54. The Morgan fingerprint density at radius 3 is 2.35 bits per heavy atom. The van der Waals surface area contributed by atoms with E-state index in [-0.39, 0.29) is 12.7 Å².